The highest BCUT2D eigenvalue weighted by Gasteiger charge is 2.17. The predicted octanol–water partition coefficient (Wildman–Crippen LogP) is 5.15. The monoisotopic (exact) mass is 389 g/mol. The fraction of sp³-hybridized carbons (Fsp3) is 0.211. The Bertz CT molecular complexity index is 956. The zero-order valence-electron chi connectivity index (χ0n) is 14.3. The van der Waals surface area contributed by atoms with Gasteiger partial charge in [0, 0.05) is 29.0 Å². The van der Waals surface area contributed by atoms with E-state index in [1.165, 1.54) is 12.4 Å². The summed E-state index contributed by atoms with van der Waals surface area (Å²) in [4.78, 5) is 21.4. The van der Waals surface area contributed by atoms with Gasteiger partial charge in [0.1, 0.15) is 11.3 Å². The van der Waals surface area contributed by atoms with Crippen molar-refractivity contribution in [2.75, 3.05) is 12.4 Å². The van der Waals surface area contributed by atoms with Crippen molar-refractivity contribution in [1.82, 2.24) is 9.97 Å². The number of carbonyl (C=O) groups is 1. The minimum Gasteiger partial charge on any atom is -0.494 e. The first-order chi connectivity index (χ1) is 12.5. The molecule has 3 aromatic rings. The molecule has 0 fully saturated rings. The summed E-state index contributed by atoms with van der Waals surface area (Å²) in [6.45, 7) is 2.09. The molecule has 0 atom stereocenters. The van der Waals surface area contributed by atoms with E-state index in [0.29, 0.717) is 27.9 Å². The molecule has 0 aliphatic carbocycles. The molecule has 0 spiro atoms. The van der Waals surface area contributed by atoms with E-state index in [9.17, 15) is 4.79 Å². The average molecular weight is 390 g/mol. The van der Waals surface area contributed by atoms with Crippen molar-refractivity contribution < 1.29 is 9.53 Å². The van der Waals surface area contributed by atoms with E-state index in [1.54, 1.807) is 19.2 Å². The van der Waals surface area contributed by atoms with Gasteiger partial charge in [-0.05, 0) is 24.6 Å². The summed E-state index contributed by atoms with van der Waals surface area (Å²) in [6, 6.07) is 7.24. The van der Waals surface area contributed by atoms with E-state index in [2.05, 4.69) is 22.2 Å². The van der Waals surface area contributed by atoms with Crippen LogP contribution in [0.5, 0.6) is 5.75 Å². The third-order valence-corrected chi connectivity index (χ3v) is 4.51. The Hall–Kier alpha value is -2.37. The summed E-state index contributed by atoms with van der Waals surface area (Å²) >= 11 is 12.2. The SMILES string of the molecule is CCCc1ccc2c(C(=O)Nc3c(Cl)cncc3Cl)ccc(OC)c2n1. The van der Waals surface area contributed by atoms with Gasteiger partial charge in [0.15, 0.2) is 0 Å². The van der Waals surface area contributed by atoms with Crippen LogP contribution in [-0.4, -0.2) is 23.0 Å². The van der Waals surface area contributed by atoms with E-state index in [-0.39, 0.29) is 16.0 Å². The van der Waals surface area contributed by atoms with E-state index >= 15 is 0 Å². The van der Waals surface area contributed by atoms with Crippen molar-refractivity contribution >= 4 is 45.7 Å². The second kappa shape index (κ2) is 7.89. The van der Waals surface area contributed by atoms with Gasteiger partial charge >= 0.3 is 0 Å². The number of aromatic nitrogens is 2. The molecule has 5 nitrogen and oxygen atoms in total. The summed E-state index contributed by atoms with van der Waals surface area (Å²) in [5.74, 6) is 0.284. The van der Waals surface area contributed by atoms with Crippen molar-refractivity contribution in [3.63, 3.8) is 0 Å². The third kappa shape index (κ3) is 3.59. The Morgan fingerprint density at radius 1 is 1.15 bits per heavy atom. The highest BCUT2D eigenvalue weighted by atomic mass is 35.5. The Labute approximate surface area is 161 Å². The lowest BCUT2D eigenvalue weighted by atomic mass is 10.1. The first-order valence-corrected chi connectivity index (χ1v) is 8.87. The average Bonchev–Trinajstić information content (AvgIpc) is 2.64. The van der Waals surface area contributed by atoms with Crippen LogP contribution in [0.15, 0.2) is 36.7 Å². The normalized spacial score (nSPS) is 10.8. The summed E-state index contributed by atoms with van der Waals surface area (Å²) in [6.07, 6.45) is 4.69. The second-order valence-corrected chi connectivity index (χ2v) is 6.51. The van der Waals surface area contributed by atoms with Crippen LogP contribution < -0.4 is 10.1 Å². The highest BCUT2D eigenvalue weighted by Crippen LogP contribution is 2.31. The number of rotatable bonds is 5. The number of halogens is 2. The number of aryl methyl sites for hydroxylation is 1. The number of pyridine rings is 2. The molecule has 0 unspecified atom stereocenters. The van der Waals surface area contributed by atoms with Crippen molar-refractivity contribution in [2.24, 2.45) is 0 Å². The minimum atomic E-state index is -0.335. The molecule has 1 N–H and O–H groups in total. The summed E-state index contributed by atoms with van der Waals surface area (Å²) in [7, 11) is 1.58. The van der Waals surface area contributed by atoms with Crippen LogP contribution >= 0.6 is 23.2 Å². The number of benzene rings is 1. The van der Waals surface area contributed by atoms with Crippen LogP contribution in [0.4, 0.5) is 5.69 Å². The standard InChI is InChI=1S/C19H17Cl2N3O2/c1-3-4-11-5-6-12-13(7-8-16(26-2)17(12)23-11)19(25)24-18-14(20)9-22-10-15(18)21/h5-10H,3-4H2,1-2H3,(H,22,24,25). The lowest BCUT2D eigenvalue weighted by Gasteiger charge is -2.13. The lowest BCUT2D eigenvalue weighted by molar-refractivity contribution is 0.102. The van der Waals surface area contributed by atoms with Gasteiger partial charge in [-0.15, -0.1) is 0 Å². The van der Waals surface area contributed by atoms with Crippen molar-refractivity contribution in [2.45, 2.75) is 19.8 Å². The maximum Gasteiger partial charge on any atom is 0.256 e. The van der Waals surface area contributed by atoms with E-state index in [1.807, 2.05) is 12.1 Å². The summed E-state index contributed by atoms with van der Waals surface area (Å²) in [5, 5.41) is 3.99. The Morgan fingerprint density at radius 3 is 2.54 bits per heavy atom. The van der Waals surface area contributed by atoms with Gasteiger partial charge in [0.2, 0.25) is 0 Å². The predicted molar refractivity (Wildman–Crippen MR) is 105 cm³/mol. The molecule has 3 rings (SSSR count). The van der Waals surface area contributed by atoms with E-state index in [0.717, 1.165) is 18.5 Å². The number of amides is 1. The molecule has 134 valence electrons. The molecule has 0 saturated heterocycles. The minimum absolute atomic E-state index is 0.270. The van der Waals surface area contributed by atoms with Crippen LogP contribution in [0.1, 0.15) is 29.4 Å². The molecule has 0 aliphatic rings. The van der Waals surface area contributed by atoms with Crippen LogP contribution in [-0.2, 0) is 6.42 Å². The Kier molecular flexibility index (Phi) is 5.59. The molecule has 2 aromatic heterocycles. The van der Waals surface area contributed by atoms with Crippen molar-refractivity contribution in [1.29, 1.82) is 0 Å². The van der Waals surface area contributed by atoms with Crippen molar-refractivity contribution in [3.8, 4) is 5.75 Å². The fourth-order valence-corrected chi connectivity index (χ4v) is 3.16. The smallest absolute Gasteiger partial charge is 0.256 e. The van der Waals surface area contributed by atoms with Gasteiger partial charge in [-0.1, -0.05) is 42.6 Å². The molecule has 7 heteroatoms. The first-order valence-electron chi connectivity index (χ1n) is 8.12. The quantitative estimate of drug-likeness (QED) is 0.655. The van der Waals surface area contributed by atoms with Gasteiger partial charge in [0.25, 0.3) is 5.91 Å². The number of nitrogens with one attached hydrogen (secondary N) is 1. The number of carbonyl (C=O) groups excluding carboxylic acids is 1. The number of fused-ring (bicyclic) bond motifs is 1. The zero-order chi connectivity index (χ0) is 18.7. The highest BCUT2D eigenvalue weighted by molar-refractivity contribution is 6.39. The van der Waals surface area contributed by atoms with E-state index < -0.39 is 0 Å². The summed E-state index contributed by atoms with van der Waals surface area (Å²) in [5.41, 5.74) is 2.39. The first kappa shape index (κ1) is 18.4. The van der Waals surface area contributed by atoms with Crippen LogP contribution in [0.3, 0.4) is 0 Å². The van der Waals surface area contributed by atoms with Gasteiger partial charge in [-0.2, -0.15) is 0 Å². The molecule has 0 bridgehead atoms. The molecular weight excluding hydrogens is 373 g/mol. The van der Waals surface area contributed by atoms with Crippen molar-refractivity contribution in [3.05, 3.63) is 58.0 Å². The van der Waals surface area contributed by atoms with Crippen LogP contribution in [0, 0.1) is 0 Å². The van der Waals surface area contributed by atoms with Crippen LogP contribution in [0.25, 0.3) is 10.9 Å². The van der Waals surface area contributed by atoms with Gasteiger partial charge in [-0.25, -0.2) is 4.98 Å². The van der Waals surface area contributed by atoms with Gasteiger partial charge in [0.05, 0.1) is 22.8 Å². The largest absolute Gasteiger partial charge is 0.494 e. The lowest BCUT2D eigenvalue weighted by Crippen LogP contribution is -2.13. The number of hydrogen-bond acceptors (Lipinski definition) is 4. The van der Waals surface area contributed by atoms with Gasteiger partial charge in [-0.3, -0.25) is 9.78 Å². The fourth-order valence-electron chi connectivity index (χ4n) is 2.70. The molecular formula is C19H17Cl2N3O2. The maximum atomic E-state index is 12.8. The zero-order valence-corrected chi connectivity index (χ0v) is 15.9. The van der Waals surface area contributed by atoms with Crippen LogP contribution in [0.2, 0.25) is 10.0 Å². The topological polar surface area (TPSA) is 64.1 Å². The number of nitrogens with zero attached hydrogens (tertiary/aromatic N) is 2. The molecule has 2 heterocycles. The number of hydrogen-bond donors (Lipinski definition) is 1. The maximum absolute atomic E-state index is 12.8. The Morgan fingerprint density at radius 2 is 1.88 bits per heavy atom. The molecule has 0 radical (unpaired) electrons. The molecule has 1 amide bonds. The second-order valence-electron chi connectivity index (χ2n) is 5.70. The number of ether oxygens (including phenoxy) is 1. The van der Waals surface area contributed by atoms with Gasteiger partial charge < -0.3 is 10.1 Å². The third-order valence-electron chi connectivity index (χ3n) is 3.94. The molecule has 26 heavy (non-hydrogen) atoms. The number of anilines is 1. The number of methoxy groups -OCH3 is 1. The summed E-state index contributed by atoms with van der Waals surface area (Å²) < 4.78 is 5.41. The molecule has 1 aromatic carbocycles. The van der Waals surface area contributed by atoms with E-state index in [4.69, 9.17) is 27.9 Å². The Balaban J connectivity index is 2.06. The molecule has 0 aliphatic heterocycles. The molecule has 0 saturated carbocycles.